The highest BCUT2D eigenvalue weighted by molar-refractivity contribution is 5.47. The fourth-order valence-electron chi connectivity index (χ4n) is 5.25. The smallest absolute Gasteiger partial charge is 0.143 e. The Morgan fingerprint density at radius 2 is 1.17 bits per heavy atom. The van der Waals surface area contributed by atoms with E-state index in [2.05, 4.69) is 112 Å². The molecule has 0 aliphatic heterocycles. The van der Waals surface area contributed by atoms with Crippen LogP contribution in [0.15, 0.2) is 133 Å². The molecule has 0 radical (unpaired) electrons. The Kier molecular flexibility index (Phi) is 12.6. The zero-order chi connectivity index (χ0) is 29.5. The Hall–Kier alpha value is -3.50. The lowest BCUT2D eigenvalue weighted by Crippen LogP contribution is -2.37. The SMILES string of the molecule is CC(C)=CCC[C@@H](C)CCO[C@H](COCc1ccccc1)COC(c1ccccc1)(c1ccccc1)c1ccccc1. The van der Waals surface area contributed by atoms with Crippen molar-refractivity contribution in [1.82, 2.24) is 0 Å². The van der Waals surface area contributed by atoms with Crippen LogP contribution in [-0.4, -0.2) is 25.9 Å². The van der Waals surface area contributed by atoms with E-state index in [0.29, 0.717) is 32.3 Å². The highest BCUT2D eigenvalue weighted by Gasteiger charge is 2.38. The van der Waals surface area contributed by atoms with Crippen molar-refractivity contribution in [2.45, 2.75) is 58.3 Å². The Morgan fingerprint density at radius 3 is 1.67 bits per heavy atom. The van der Waals surface area contributed by atoms with Crippen LogP contribution in [0.1, 0.15) is 62.3 Å². The lowest BCUT2D eigenvalue weighted by molar-refractivity contribution is -0.0954. The number of benzene rings is 4. The summed E-state index contributed by atoms with van der Waals surface area (Å²) in [6.07, 6.45) is 5.40. The van der Waals surface area contributed by atoms with Crippen molar-refractivity contribution in [1.29, 1.82) is 0 Å². The predicted octanol–water partition coefficient (Wildman–Crippen LogP) is 9.37. The molecular weight excluding hydrogens is 516 g/mol. The van der Waals surface area contributed by atoms with E-state index in [4.69, 9.17) is 14.2 Å². The van der Waals surface area contributed by atoms with E-state index in [1.54, 1.807) is 0 Å². The summed E-state index contributed by atoms with van der Waals surface area (Å²) >= 11 is 0. The van der Waals surface area contributed by atoms with Gasteiger partial charge in [0.05, 0.1) is 19.8 Å². The van der Waals surface area contributed by atoms with E-state index in [-0.39, 0.29) is 6.10 Å². The topological polar surface area (TPSA) is 27.7 Å². The summed E-state index contributed by atoms with van der Waals surface area (Å²) in [7, 11) is 0. The molecule has 2 atom stereocenters. The van der Waals surface area contributed by atoms with Crippen LogP contribution in [0, 0.1) is 5.92 Å². The zero-order valence-corrected chi connectivity index (χ0v) is 25.5. The molecule has 0 bridgehead atoms. The fourth-order valence-corrected chi connectivity index (χ4v) is 5.25. The number of rotatable bonds is 17. The van der Waals surface area contributed by atoms with Gasteiger partial charge in [-0.1, -0.05) is 140 Å². The molecule has 4 aromatic carbocycles. The van der Waals surface area contributed by atoms with Crippen LogP contribution >= 0.6 is 0 Å². The van der Waals surface area contributed by atoms with Crippen molar-refractivity contribution < 1.29 is 14.2 Å². The van der Waals surface area contributed by atoms with Crippen molar-refractivity contribution in [3.8, 4) is 0 Å². The number of hydrogen-bond donors (Lipinski definition) is 0. The molecule has 0 heterocycles. The third-order valence-corrected chi connectivity index (χ3v) is 7.62. The normalized spacial score (nSPS) is 12.9. The standard InChI is InChI=1S/C39H46O3/c1-32(2)17-16-18-33(3)27-28-41-38(30-40-29-34-19-8-4-9-20-34)31-42-39(35-21-10-5-11-22-35,36-23-12-6-13-24-36)37-25-14-7-15-26-37/h4-15,17,19-26,33,38H,16,18,27-31H2,1-3H3/t33-,38-/m1/s1. The summed E-state index contributed by atoms with van der Waals surface area (Å²) in [5.41, 5.74) is 4.99. The molecule has 42 heavy (non-hydrogen) atoms. The van der Waals surface area contributed by atoms with Crippen molar-refractivity contribution in [3.63, 3.8) is 0 Å². The molecule has 0 fully saturated rings. The first-order chi connectivity index (χ1) is 20.6. The second-order valence-corrected chi connectivity index (χ2v) is 11.3. The summed E-state index contributed by atoms with van der Waals surface area (Å²) < 4.78 is 19.8. The Labute approximate surface area is 253 Å². The van der Waals surface area contributed by atoms with Gasteiger partial charge in [0.1, 0.15) is 11.7 Å². The van der Waals surface area contributed by atoms with Crippen LogP contribution in [0.2, 0.25) is 0 Å². The molecule has 4 aromatic rings. The van der Waals surface area contributed by atoms with E-state index in [9.17, 15) is 0 Å². The number of ether oxygens (including phenoxy) is 3. The van der Waals surface area contributed by atoms with Gasteiger partial charge in [-0.3, -0.25) is 0 Å². The minimum Gasteiger partial charge on any atom is -0.374 e. The second kappa shape index (κ2) is 16.8. The molecule has 0 saturated heterocycles. The van der Waals surface area contributed by atoms with Gasteiger partial charge in [0.2, 0.25) is 0 Å². The van der Waals surface area contributed by atoms with Gasteiger partial charge in [-0.05, 0) is 61.3 Å². The van der Waals surface area contributed by atoms with Gasteiger partial charge in [-0.25, -0.2) is 0 Å². The quantitative estimate of drug-likeness (QED) is 0.0948. The molecule has 0 spiro atoms. The van der Waals surface area contributed by atoms with E-state index >= 15 is 0 Å². The van der Waals surface area contributed by atoms with Crippen LogP contribution in [0.3, 0.4) is 0 Å². The van der Waals surface area contributed by atoms with Crippen molar-refractivity contribution in [3.05, 3.63) is 155 Å². The van der Waals surface area contributed by atoms with E-state index in [0.717, 1.165) is 35.1 Å². The first kappa shape index (κ1) is 31.4. The van der Waals surface area contributed by atoms with Gasteiger partial charge in [0, 0.05) is 6.61 Å². The van der Waals surface area contributed by atoms with Gasteiger partial charge in [0.25, 0.3) is 0 Å². The monoisotopic (exact) mass is 562 g/mol. The molecular formula is C39H46O3. The predicted molar refractivity (Wildman–Crippen MR) is 173 cm³/mol. The average molecular weight is 563 g/mol. The molecule has 3 heteroatoms. The molecule has 0 aliphatic carbocycles. The van der Waals surface area contributed by atoms with E-state index in [1.165, 1.54) is 12.0 Å². The Bertz CT molecular complexity index is 1200. The maximum absolute atomic E-state index is 7.09. The van der Waals surface area contributed by atoms with E-state index < -0.39 is 5.60 Å². The summed E-state index contributed by atoms with van der Waals surface area (Å²) in [4.78, 5) is 0. The maximum Gasteiger partial charge on any atom is 0.143 e. The molecule has 4 rings (SSSR count). The summed E-state index contributed by atoms with van der Waals surface area (Å²) in [5.74, 6) is 0.587. The Balaban J connectivity index is 1.54. The third kappa shape index (κ3) is 9.25. The molecule has 0 aromatic heterocycles. The lowest BCUT2D eigenvalue weighted by Gasteiger charge is -2.37. The molecule has 0 saturated carbocycles. The van der Waals surface area contributed by atoms with Crippen LogP contribution in [0.4, 0.5) is 0 Å². The van der Waals surface area contributed by atoms with Gasteiger partial charge < -0.3 is 14.2 Å². The second-order valence-electron chi connectivity index (χ2n) is 11.3. The lowest BCUT2D eigenvalue weighted by atomic mass is 9.80. The number of hydrogen-bond acceptors (Lipinski definition) is 3. The van der Waals surface area contributed by atoms with Crippen molar-refractivity contribution in [2.24, 2.45) is 5.92 Å². The number of allylic oxidation sites excluding steroid dienone is 2. The molecule has 0 aliphatic rings. The van der Waals surface area contributed by atoms with Gasteiger partial charge in [0.15, 0.2) is 0 Å². The maximum atomic E-state index is 7.09. The average Bonchev–Trinajstić information content (AvgIpc) is 3.03. The van der Waals surface area contributed by atoms with Gasteiger partial charge in [-0.15, -0.1) is 0 Å². The van der Waals surface area contributed by atoms with Crippen LogP contribution in [0.5, 0.6) is 0 Å². The summed E-state index contributed by atoms with van der Waals surface area (Å²) in [6, 6.07) is 41.8. The summed E-state index contributed by atoms with van der Waals surface area (Å²) in [5, 5.41) is 0. The highest BCUT2D eigenvalue weighted by Crippen LogP contribution is 2.40. The van der Waals surface area contributed by atoms with Crippen LogP contribution in [0.25, 0.3) is 0 Å². The largest absolute Gasteiger partial charge is 0.374 e. The zero-order valence-electron chi connectivity index (χ0n) is 25.5. The van der Waals surface area contributed by atoms with E-state index in [1.807, 2.05) is 36.4 Å². The minimum absolute atomic E-state index is 0.214. The van der Waals surface area contributed by atoms with Gasteiger partial charge >= 0.3 is 0 Å². The fraction of sp³-hybridized carbons (Fsp3) is 0.333. The first-order valence-electron chi connectivity index (χ1n) is 15.2. The summed E-state index contributed by atoms with van der Waals surface area (Å²) in [6.45, 7) is 8.69. The molecule has 0 amide bonds. The minimum atomic E-state index is -0.789. The molecule has 3 nitrogen and oxygen atoms in total. The molecule has 0 N–H and O–H groups in total. The first-order valence-corrected chi connectivity index (χ1v) is 15.2. The van der Waals surface area contributed by atoms with Gasteiger partial charge in [-0.2, -0.15) is 0 Å². The van der Waals surface area contributed by atoms with Crippen molar-refractivity contribution in [2.75, 3.05) is 19.8 Å². The third-order valence-electron chi connectivity index (χ3n) is 7.62. The van der Waals surface area contributed by atoms with Crippen LogP contribution in [-0.2, 0) is 26.4 Å². The Morgan fingerprint density at radius 1 is 0.667 bits per heavy atom. The molecule has 0 unspecified atom stereocenters. The van der Waals surface area contributed by atoms with Crippen LogP contribution < -0.4 is 0 Å². The molecule has 220 valence electrons. The highest BCUT2D eigenvalue weighted by atomic mass is 16.6. The van der Waals surface area contributed by atoms with Crippen molar-refractivity contribution >= 4 is 0 Å².